The van der Waals surface area contributed by atoms with Crippen LogP contribution in [0.25, 0.3) is 164 Å². The van der Waals surface area contributed by atoms with Gasteiger partial charge >= 0.3 is 0 Å². The third kappa shape index (κ3) is 10.4. The lowest BCUT2D eigenvalue weighted by atomic mass is 9.33. The molecule has 2 aliphatic heterocycles. The summed E-state index contributed by atoms with van der Waals surface area (Å²) in [4.78, 5) is 5.57. The van der Waals surface area contributed by atoms with Crippen LogP contribution in [0.5, 0.6) is 0 Å². The second-order valence-electron chi connectivity index (χ2n) is 39.6. The maximum Gasteiger partial charge on any atom is 0.252 e. The van der Waals surface area contributed by atoms with E-state index in [1.54, 1.807) is 0 Å². The van der Waals surface area contributed by atoms with E-state index in [4.69, 9.17) is 0 Å². The first kappa shape index (κ1) is 71.4. The van der Waals surface area contributed by atoms with Crippen LogP contribution in [-0.4, -0.2) is 15.8 Å². The van der Waals surface area contributed by atoms with Crippen molar-refractivity contribution in [3.63, 3.8) is 0 Å². The second kappa shape index (κ2) is 24.8. The van der Waals surface area contributed by atoms with Gasteiger partial charge in [0.2, 0.25) is 0 Å². The Labute approximate surface area is 697 Å². The Morgan fingerprint density at radius 3 is 0.765 bits per heavy atom. The Hall–Kier alpha value is -13.0. The Kier molecular flexibility index (Phi) is 14.9. The Morgan fingerprint density at radius 1 is 0.218 bits per heavy atom. The molecular weight excluding hydrogens is 1440 g/mol. The van der Waals surface area contributed by atoms with E-state index in [2.05, 4.69) is 426 Å². The molecule has 4 nitrogen and oxygen atoms in total. The van der Waals surface area contributed by atoms with Crippen LogP contribution in [0.4, 0.5) is 34.1 Å². The van der Waals surface area contributed by atoms with Gasteiger partial charge in [-0.2, -0.15) is 0 Å². The Morgan fingerprint density at radius 2 is 0.487 bits per heavy atom. The first-order valence-electron chi connectivity index (χ1n) is 42.8. The molecule has 0 amide bonds. The van der Waals surface area contributed by atoms with Gasteiger partial charge in [-0.15, -0.1) is 0 Å². The summed E-state index contributed by atoms with van der Waals surface area (Å²) in [7, 11) is 0. The maximum atomic E-state index is 2.79. The molecule has 0 atom stereocenters. The molecule has 0 spiro atoms. The van der Waals surface area contributed by atoms with Gasteiger partial charge in [-0.05, 0) is 219 Å². The summed E-state index contributed by atoms with van der Waals surface area (Å²) in [5, 5.41) is 20.8. The zero-order chi connectivity index (χ0) is 81.1. The van der Waals surface area contributed by atoms with Gasteiger partial charge in [-0.1, -0.05) is 347 Å². The Bertz CT molecular complexity index is 7030. The third-order valence-corrected chi connectivity index (χ3v) is 27.2. The highest BCUT2D eigenvalue weighted by atomic mass is 15.2. The highest BCUT2D eigenvalue weighted by molar-refractivity contribution is 7.00. The zero-order valence-corrected chi connectivity index (χ0v) is 70.7. The van der Waals surface area contributed by atoms with Crippen molar-refractivity contribution in [3.8, 4) is 55.9 Å². The zero-order valence-electron chi connectivity index (χ0n) is 70.7. The first-order valence-corrected chi connectivity index (χ1v) is 42.8. The van der Waals surface area contributed by atoms with Gasteiger partial charge in [0.25, 0.3) is 6.71 Å². The summed E-state index contributed by atoms with van der Waals surface area (Å²) in [5.41, 5.74) is 32.6. The molecule has 0 saturated carbocycles. The molecule has 19 aromatic carbocycles. The van der Waals surface area contributed by atoms with Crippen molar-refractivity contribution in [3.05, 3.63) is 331 Å². The summed E-state index contributed by atoms with van der Waals surface area (Å²) in [5.74, 6) is 0. The number of anilines is 6. The largest absolute Gasteiger partial charge is 0.310 e. The third-order valence-electron chi connectivity index (χ3n) is 27.2. The number of nitrogens with zero attached hydrogens (tertiary/aromatic N) is 4. The second-order valence-corrected chi connectivity index (χ2v) is 39.6. The van der Waals surface area contributed by atoms with Gasteiger partial charge in [0.15, 0.2) is 0 Å². The van der Waals surface area contributed by atoms with Crippen molar-refractivity contribution in [2.45, 2.75) is 131 Å². The highest BCUT2D eigenvalue weighted by Gasteiger charge is 2.47. The summed E-state index contributed by atoms with van der Waals surface area (Å²) in [6, 6.07) is 120. The van der Waals surface area contributed by atoms with Crippen LogP contribution < -0.4 is 26.2 Å². The van der Waals surface area contributed by atoms with Gasteiger partial charge in [-0.3, -0.25) is 0 Å². The molecular formula is C114H95BN4. The number of fused-ring (bicyclic) bond motifs is 6. The minimum absolute atomic E-state index is 0.128. The van der Waals surface area contributed by atoms with Crippen LogP contribution in [0.2, 0.25) is 0 Å². The summed E-state index contributed by atoms with van der Waals surface area (Å²) in [6.45, 7) is 35.2. The molecule has 0 saturated heterocycles. The van der Waals surface area contributed by atoms with Crippen molar-refractivity contribution in [2.24, 2.45) is 0 Å². The van der Waals surface area contributed by atoms with E-state index in [0.717, 1.165) is 67.8 Å². The molecule has 5 heteroatoms. The molecule has 4 heterocycles. The topological polar surface area (TPSA) is 16.3 Å². The quantitative estimate of drug-likeness (QED) is 0.0856. The van der Waals surface area contributed by atoms with Crippen molar-refractivity contribution in [1.29, 1.82) is 0 Å². The maximum absolute atomic E-state index is 2.79. The Balaban J connectivity index is 0.894. The molecule has 0 aliphatic carbocycles. The highest BCUT2D eigenvalue weighted by Crippen LogP contribution is 2.57. The molecule has 0 unspecified atom stereocenters. The van der Waals surface area contributed by atoms with E-state index in [9.17, 15) is 0 Å². The molecule has 0 bridgehead atoms. The van der Waals surface area contributed by atoms with Gasteiger partial charge in [0.05, 0.1) is 33.4 Å². The number of hydrogen-bond donors (Lipinski definition) is 0. The fourth-order valence-electron chi connectivity index (χ4n) is 21.2. The fourth-order valence-corrected chi connectivity index (χ4v) is 21.2. The van der Waals surface area contributed by atoms with E-state index in [1.807, 2.05) is 0 Å². The average Bonchev–Trinajstić information content (AvgIpc) is 1.64. The van der Waals surface area contributed by atoms with E-state index >= 15 is 0 Å². The first-order chi connectivity index (χ1) is 57.2. The number of rotatable bonds is 8. The standard InChI is InChI=1S/C114H95BN4/c1-110(2,3)74-34-16-30-70(58-74)81-38-24-39-82(71-31-17-35-75(59-71)111(4,5)6)108(81)118-95-64-79(116-91-54-46-66-26-20-42-85-86-43-21-27-67-47-55-92(116)104(100(67)86)103(91)99(66)85)50-52-89(95)115-90-53-51-80(117-93-56-48-68-28-22-44-87-88-45-23-29-69-49-57-94(117)106(102(69)88)105(93)101(68)87)65-96(90)119(98-63-78(114(13,14)15)62-97(118)107(98)115)109-83(72-32-18-36-76(60-72)112(7,8)9)40-25-41-84(109)73-33-19-37-77(61-73)113(10,11)12/h16-65H,1-15H3. The number of para-hydroxylation sites is 2. The molecule has 2 aromatic heterocycles. The lowest BCUT2D eigenvalue weighted by Gasteiger charge is -2.46. The molecule has 574 valence electrons. The molecule has 119 heavy (non-hydrogen) atoms. The monoisotopic (exact) mass is 1530 g/mol. The molecule has 21 aromatic rings. The van der Waals surface area contributed by atoms with E-state index in [1.165, 1.54) is 175 Å². The molecule has 0 N–H and O–H groups in total. The normalized spacial score (nSPS) is 13.6. The van der Waals surface area contributed by atoms with Crippen LogP contribution >= 0.6 is 0 Å². The molecule has 0 fully saturated rings. The van der Waals surface area contributed by atoms with Gasteiger partial charge < -0.3 is 18.9 Å². The van der Waals surface area contributed by atoms with E-state index in [-0.39, 0.29) is 33.8 Å². The lowest BCUT2D eigenvalue weighted by Crippen LogP contribution is -2.61. The molecule has 0 radical (unpaired) electrons. The van der Waals surface area contributed by atoms with Crippen LogP contribution in [-0.2, 0) is 27.1 Å². The summed E-state index contributed by atoms with van der Waals surface area (Å²) >= 11 is 0. The molecule has 2 aliphatic rings. The van der Waals surface area contributed by atoms with Crippen molar-refractivity contribution >= 4 is 165 Å². The van der Waals surface area contributed by atoms with Gasteiger partial charge in [0.1, 0.15) is 0 Å². The van der Waals surface area contributed by atoms with Crippen molar-refractivity contribution in [2.75, 3.05) is 9.80 Å². The predicted molar refractivity (Wildman–Crippen MR) is 514 cm³/mol. The summed E-state index contributed by atoms with van der Waals surface area (Å²) < 4.78 is 5.23. The van der Waals surface area contributed by atoms with E-state index in [0.29, 0.717) is 0 Å². The van der Waals surface area contributed by atoms with Crippen LogP contribution in [0.15, 0.2) is 303 Å². The van der Waals surface area contributed by atoms with Gasteiger partial charge in [-0.25, -0.2) is 0 Å². The summed E-state index contributed by atoms with van der Waals surface area (Å²) in [6.07, 6.45) is 0. The number of benzene rings is 19. The number of hydrogen-bond acceptors (Lipinski definition) is 2. The van der Waals surface area contributed by atoms with Gasteiger partial charge in [0, 0.05) is 77.9 Å². The smallest absolute Gasteiger partial charge is 0.252 e. The van der Waals surface area contributed by atoms with Crippen molar-refractivity contribution < 1.29 is 0 Å². The predicted octanol–water partition coefficient (Wildman–Crippen LogP) is 29.8. The van der Waals surface area contributed by atoms with E-state index < -0.39 is 0 Å². The fraction of sp³-hybridized carbons (Fsp3) is 0.175. The SMILES string of the molecule is CC(C)(C)c1cccc(-c2cccc(-c3cccc(C(C)(C)C)c3)c2N2c3cc(-n4c5ccc6cccc7c8cccc9ccc4c(c98)c5c67)ccc3B3c4ccc(-n5c6ccc7cccc8c9cccc%10ccc5c(c%109)c6c78)cc4N(c4c(-c5cccc(C(C)(C)C)c5)cccc4-c4cccc(C(C)(C)C)c4)c4cc(C(C)(C)C)cc2c43)c1. The lowest BCUT2D eigenvalue weighted by molar-refractivity contribution is 0.590. The minimum Gasteiger partial charge on any atom is -0.310 e. The van der Waals surface area contributed by atoms with Crippen molar-refractivity contribution in [1.82, 2.24) is 9.13 Å². The average molecular weight is 1530 g/mol. The number of aromatic nitrogens is 2. The molecule has 23 rings (SSSR count). The minimum atomic E-state index is -0.367. The van der Waals surface area contributed by atoms with Crippen LogP contribution in [0.1, 0.15) is 132 Å². The van der Waals surface area contributed by atoms with Crippen LogP contribution in [0, 0.1) is 0 Å². The van der Waals surface area contributed by atoms with Crippen LogP contribution in [0.3, 0.4) is 0 Å².